The smallest absolute Gasteiger partial charge is 0.324 e. The average molecular weight is 285 g/mol. The summed E-state index contributed by atoms with van der Waals surface area (Å²) in [5.74, 6) is 0. The minimum atomic E-state index is -4.40. The number of hydrogen-bond donors (Lipinski definition) is 1. The van der Waals surface area contributed by atoms with E-state index in [9.17, 15) is 18.0 Å². The normalized spacial score (nSPS) is 12.4. The van der Waals surface area contributed by atoms with Gasteiger partial charge in [0.1, 0.15) is 0 Å². The first kappa shape index (κ1) is 15.8. The summed E-state index contributed by atoms with van der Waals surface area (Å²) in [5.41, 5.74) is -0.513. The number of rotatable bonds is 3. The standard InChI is InChI=1S/C13H14F3N3O/c1-9(7-8-17)19(2)12(20)18-11-5-3-10(4-6-11)13(14,15)16/h3-6,9H,7H2,1-2H3,(H,18,20). The largest absolute Gasteiger partial charge is 0.416 e. The van der Waals surface area contributed by atoms with Crippen molar-refractivity contribution >= 4 is 11.7 Å². The number of halogens is 3. The Hall–Kier alpha value is -2.23. The van der Waals surface area contributed by atoms with Crippen molar-refractivity contribution < 1.29 is 18.0 Å². The Kier molecular flexibility index (Phi) is 4.97. The number of carbonyl (C=O) groups is 1. The van der Waals surface area contributed by atoms with Crippen LogP contribution in [0.25, 0.3) is 0 Å². The molecule has 1 atom stereocenters. The molecule has 0 aliphatic carbocycles. The van der Waals surface area contributed by atoms with Crippen molar-refractivity contribution in [3.05, 3.63) is 29.8 Å². The monoisotopic (exact) mass is 285 g/mol. The first-order valence-corrected chi connectivity index (χ1v) is 5.83. The second kappa shape index (κ2) is 6.28. The molecule has 0 aliphatic heterocycles. The topological polar surface area (TPSA) is 56.1 Å². The lowest BCUT2D eigenvalue weighted by Gasteiger charge is -2.23. The van der Waals surface area contributed by atoms with Crippen LogP contribution in [0.3, 0.4) is 0 Å². The van der Waals surface area contributed by atoms with E-state index in [4.69, 9.17) is 5.26 Å². The third kappa shape index (κ3) is 4.16. The van der Waals surface area contributed by atoms with E-state index < -0.39 is 17.8 Å². The predicted molar refractivity (Wildman–Crippen MR) is 67.9 cm³/mol. The van der Waals surface area contributed by atoms with E-state index >= 15 is 0 Å². The molecule has 0 heterocycles. The molecule has 0 spiro atoms. The fraction of sp³-hybridized carbons (Fsp3) is 0.385. The molecule has 0 fully saturated rings. The molecule has 1 unspecified atom stereocenters. The maximum absolute atomic E-state index is 12.4. The highest BCUT2D eigenvalue weighted by atomic mass is 19.4. The highest BCUT2D eigenvalue weighted by Crippen LogP contribution is 2.29. The van der Waals surface area contributed by atoms with Gasteiger partial charge >= 0.3 is 12.2 Å². The Balaban J connectivity index is 2.70. The Morgan fingerprint density at radius 3 is 2.40 bits per heavy atom. The van der Waals surface area contributed by atoms with Crippen LogP contribution in [0.15, 0.2) is 24.3 Å². The fourth-order valence-electron chi connectivity index (χ4n) is 1.42. The van der Waals surface area contributed by atoms with Crippen molar-refractivity contribution in [1.29, 1.82) is 5.26 Å². The highest BCUT2D eigenvalue weighted by Gasteiger charge is 2.30. The van der Waals surface area contributed by atoms with Crippen molar-refractivity contribution in [2.24, 2.45) is 0 Å². The summed E-state index contributed by atoms with van der Waals surface area (Å²) < 4.78 is 37.1. The zero-order valence-electron chi connectivity index (χ0n) is 11.0. The molecule has 20 heavy (non-hydrogen) atoms. The van der Waals surface area contributed by atoms with Crippen LogP contribution in [0.2, 0.25) is 0 Å². The summed E-state index contributed by atoms with van der Waals surface area (Å²) >= 11 is 0. The number of amides is 2. The summed E-state index contributed by atoms with van der Waals surface area (Å²) in [6.07, 6.45) is -4.22. The average Bonchev–Trinajstić information content (AvgIpc) is 2.37. The van der Waals surface area contributed by atoms with E-state index in [1.54, 1.807) is 6.92 Å². The molecule has 1 N–H and O–H groups in total. The Labute approximate surface area is 114 Å². The SMILES string of the molecule is CC(CC#N)N(C)C(=O)Nc1ccc(C(F)(F)F)cc1. The van der Waals surface area contributed by atoms with Crippen LogP contribution in [0, 0.1) is 11.3 Å². The molecule has 2 amide bonds. The molecule has 0 bridgehead atoms. The van der Waals surface area contributed by atoms with E-state index in [1.165, 1.54) is 24.1 Å². The van der Waals surface area contributed by atoms with E-state index in [-0.39, 0.29) is 18.2 Å². The van der Waals surface area contributed by atoms with Crippen LogP contribution >= 0.6 is 0 Å². The molecule has 0 aliphatic rings. The van der Waals surface area contributed by atoms with Crippen LogP contribution in [-0.4, -0.2) is 24.0 Å². The van der Waals surface area contributed by atoms with Crippen LogP contribution < -0.4 is 5.32 Å². The van der Waals surface area contributed by atoms with E-state index in [1.807, 2.05) is 6.07 Å². The number of hydrogen-bond acceptors (Lipinski definition) is 2. The number of urea groups is 1. The Morgan fingerprint density at radius 1 is 1.40 bits per heavy atom. The zero-order valence-corrected chi connectivity index (χ0v) is 11.0. The molecule has 0 saturated heterocycles. The van der Waals surface area contributed by atoms with Gasteiger partial charge in [0, 0.05) is 18.8 Å². The van der Waals surface area contributed by atoms with Gasteiger partial charge in [-0.1, -0.05) is 0 Å². The summed E-state index contributed by atoms with van der Waals surface area (Å²) in [6.45, 7) is 1.70. The minimum absolute atomic E-state index is 0.178. The van der Waals surface area contributed by atoms with Crippen molar-refractivity contribution in [2.45, 2.75) is 25.6 Å². The molecule has 0 aromatic heterocycles. The van der Waals surface area contributed by atoms with Crippen molar-refractivity contribution in [2.75, 3.05) is 12.4 Å². The molecule has 1 rings (SSSR count). The van der Waals surface area contributed by atoms with Gasteiger partial charge in [-0.2, -0.15) is 18.4 Å². The highest BCUT2D eigenvalue weighted by molar-refractivity contribution is 5.89. The minimum Gasteiger partial charge on any atom is -0.324 e. The summed E-state index contributed by atoms with van der Waals surface area (Å²) in [6, 6.07) is 5.34. The molecule has 1 aromatic rings. The summed E-state index contributed by atoms with van der Waals surface area (Å²) in [7, 11) is 1.52. The second-order valence-corrected chi connectivity index (χ2v) is 4.33. The van der Waals surface area contributed by atoms with Crippen LogP contribution in [0.5, 0.6) is 0 Å². The number of anilines is 1. The lowest BCUT2D eigenvalue weighted by atomic mass is 10.2. The van der Waals surface area contributed by atoms with Gasteiger partial charge in [-0.05, 0) is 31.2 Å². The molecule has 1 aromatic carbocycles. The predicted octanol–water partition coefficient (Wildman–Crippen LogP) is 3.47. The van der Waals surface area contributed by atoms with E-state index in [2.05, 4.69) is 5.32 Å². The summed E-state index contributed by atoms with van der Waals surface area (Å²) in [5, 5.41) is 11.0. The van der Waals surface area contributed by atoms with Crippen LogP contribution in [-0.2, 0) is 6.18 Å². The third-order valence-corrected chi connectivity index (χ3v) is 2.83. The lowest BCUT2D eigenvalue weighted by molar-refractivity contribution is -0.137. The number of nitrogens with one attached hydrogen (secondary N) is 1. The molecule has 108 valence electrons. The molecular weight excluding hydrogens is 271 g/mol. The van der Waals surface area contributed by atoms with Gasteiger partial charge in [0.25, 0.3) is 0 Å². The number of carbonyl (C=O) groups excluding carboxylic acids is 1. The zero-order chi connectivity index (χ0) is 15.3. The van der Waals surface area contributed by atoms with Crippen molar-refractivity contribution in [3.63, 3.8) is 0 Å². The fourth-order valence-corrected chi connectivity index (χ4v) is 1.42. The van der Waals surface area contributed by atoms with Gasteiger partial charge in [0.05, 0.1) is 18.1 Å². The maximum Gasteiger partial charge on any atom is 0.416 e. The van der Waals surface area contributed by atoms with Gasteiger partial charge in [-0.25, -0.2) is 4.79 Å². The van der Waals surface area contributed by atoms with E-state index in [0.29, 0.717) is 0 Å². The molecule has 4 nitrogen and oxygen atoms in total. The number of benzene rings is 1. The molecule has 7 heteroatoms. The van der Waals surface area contributed by atoms with Crippen molar-refractivity contribution in [1.82, 2.24) is 4.90 Å². The Bertz CT molecular complexity index is 505. The van der Waals surface area contributed by atoms with Gasteiger partial charge in [-0.15, -0.1) is 0 Å². The number of nitriles is 1. The lowest BCUT2D eigenvalue weighted by Crippen LogP contribution is -2.38. The third-order valence-electron chi connectivity index (χ3n) is 2.83. The van der Waals surface area contributed by atoms with Gasteiger partial charge < -0.3 is 10.2 Å². The Morgan fingerprint density at radius 2 is 1.95 bits per heavy atom. The molecule has 0 saturated carbocycles. The molecular formula is C13H14F3N3O. The number of alkyl halides is 3. The first-order valence-electron chi connectivity index (χ1n) is 5.83. The van der Waals surface area contributed by atoms with Crippen molar-refractivity contribution in [3.8, 4) is 6.07 Å². The maximum atomic E-state index is 12.4. The summed E-state index contributed by atoms with van der Waals surface area (Å²) in [4.78, 5) is 13.1. The van der Waals surface area contributed by atoms with Gasteiger partial charge in [0.15, 0.2) is 0 Å². The quantitative estimate of drug-likeness (QED) is 0.924. The van der Waals surface area contributed by atoms with Crippen LogP contribution in [0.1, 0.15) is 18.9 Å². The van der Waals surface area contributed by atoms with Gasteiger partial charge in [-0.3, -0.25) is 0 Å². The van der Waals surface area contributed by atoms with E-state index in [0.717, 1.165) is 12.1 Å². The van der Waals surface area contributed by atoms with Gasteiger partial charge in [0.2, 0.25) is 0 Å². The number of nitrogens with zero attached hydrogens (tertiary/aromatic N) is 2. The van der Waals surface area contributed by atoms with Crippen LogP contribution in [0.4, 0.5) is 23.7 Å². The second-order valence-electron chi connectivity index (χ2n) is 4.33. The first-order chi connectivity index (χ1) is 9.25. The molecule has 0 radical (unpaired) electrons.